The molecule has 0 aliphatic heterocycles. The summed E-state index contributed by atoms with van der Waals surface area (Å²) in [5.74, 6) is -5.58. The predicted molar refractivity (Wildman–Crippen MR) is 265 cm³/mol. The van der Waals surface area contributed by atoms with Gasteiger partial charge in [-0.3, -0.25) is 19.2 Å². The van der Waals surface area contributed by atoms with E-state index in [1.54, 1.807) is 83.1 Å². The SMILES string of the molecule is CC(CCNC(=O)OC(C)(C)C)C(=O)O.CC(CCNC(=O)OC(C)(C)C)C(=O)OCC(=O)O.CC(CCNC(=O)OC(C)(C)C)C(=O)OCC(=O)OCc1ccccc1.O=C(CCO)OCc1ccccc1. The van der Waals surface area contributed by atoms with Crippen molar-refractivity contribution in [1.82, 2.24) is 16.0 Å². The number of rotatable bonds is 22. The van der Waals surface area contributed by atoms with Crippen LogP contribution in [0.1, 0.15) is 120 Å². The maximum atomic E-state index is 11.9. The van der Waals surface area contributed by atoms with Crippen molar-refractivity contribution in [3.63, 3.8) is 0 Å². The lowest BCUT2D eigenvalue weighted by Gasteiger charge is -2.20. The van der Waals surface area contributed by atoms with Crippen molar-refractivity contribution >= 4 is 54.1 Å². The van der Waals surface area contributed by atoms with Gasteiger partial charge in [0.2, 0.25) is 0 Å². The molecule has 2 aromatic rings. The minimum Gasteiger partial charge on any atom is -0.481 e. The molecule has 3 amide bonds. The third kappa shape index (κ3) is 43.5. The Morgan fingerprint density at radius 2 is 0.808 bits per heavy atom. The number of esters is 4. The standard InChI is InChI=1S/C19H27NO6.C12H21NO6.C10H19NO4.C10H12O3/c1-14(10-11-20-18(23)26-19(2,3)4)17(22)25-13-16(21)24-12-15-8-6-5-7-9-15;1-8(10(16)18-7-9(14)15)5-6-13-11(17)19-12(2,3)4;1-7(8(12)13)5-6-11-9(14)15-10(2,3)4;11-7-6-10(12)13-8-9-4-2-1-3-5-9/h5-9,14H,10-13H2,1-4H3,(H,20,23);8H,5-7H2,1-4H3,(H,13,17)(H,14,15);7H,5-6H2,1-4H3,(H,11,14)(H,12,13);1-5,11H,6-8H2. The van der Waals surface area contributed by atoms with Crippen molar-refractivity contribution in [1.29, 1.82) is 0 Å². The Morgan fingerprint density at radius 3 is 1.12 bits per heavy atom. The summed E-state index contributed by atoms with van der Waals surface area (Å²) in [6.07, 6.45) is -0.433. The largest absolute Gasteiger partial charge is 0.481 e. The number of alkyl carbamates (subject to hydrolysis) is 3. The lowest BCUT2D eigenvalue weighted by atomic mass is 10.1. The molecule has 2 aromatic carbocycles. The fraction of sp³-hybridized carbons (Fsp3) is 0.588. The molecule has 0 spiro atoms. The number of aliphatic hydroxyl groups is 1. The Labute approximate surface area is 428 Å². The van der Waals surface area contributed by atoms with E-state index in [2.05, 4.69) is 20.7 Å². The second-order valence-electron chi connectivity index (χ2n) is 19.1. The van der Waals surface area contributed by atoms with Gasteiger partial charge in [0, 0.05) is 19.6 Å². The van der Waals surface area contributed by atoms with Crippen LogP contribution in [0.5, 0.6) is 0 Å². The van der Waals surface area contributed by atoms with Crippen LogP contribution in [0.3, 0.4) is 0 Å². The van der Waals surface area contributed by atoms with Gasteiger partial charge in [-0.2, -0.15) is 0 Å². The van der Waals surface area contributed by atoms with Gasteiger partial charge in [-0.25, -0.2) is 24.0 Å². The lowest BCUT2D eigenvalue weighted by Crippen LogP contribution is -2.34. The van der Waals surface area contributed by atoms with Crippen molar-refractivity contribution in [3.05, 3.63) is 71.8 Å². The number of carboxylic acid groups (broad SMARTS) is 2. The molecule has 0 bridgehead atoms. The van der Waals surface area contributed by atoms with Crippen LogP contribution in [0.2, 0.25) is 0 Å². The topological polar surface area (TPSA) is 315 Å². The number of aliphatic hydroxyl groups excluding tert-OH is 1. The summed E-state index contributed by atoms with van der Waals surface area (Å²) < 4.78 is 34.4. The average Bonchev–Trinajstić information content (AvgIpc) is 3.28. The van der Waals surface area contributed by atoms with Crippen LogP contribution in [0.15, 0.2) is 60.7 Å². The normalized spacial score (nSPS) is 11.9. The molecule has 2 rings (SSSR count). The van der Waals surface area contributed by atoms with Crippen molar-refractivity contribution in [3.8, 4) is 0 Å². The second-order valence-corrected chi connectivity index (χ2v) is 19.1. The van der Waals surface area contributed by atoms with Gasteiger partial charge in [0.1, 0.15) is 30.0 Å². The lowest BCUT2D eigenvalue weighted by molar-refractivity contribution is -0.161. The summed E-state index contributed by atoms with van der Waals surface area (Å²) in [6.45, 7) is 20.7. The number of hydrogen-bond acceptors (Lipinski definition) is 17. The third-order valence-corrected chi connectivity index (χ3v) is 8.43. The number of amides is 3. The van der Waals surface area contributed by atoms with E-state index in [0.29, 0.717) is 25.8 Å². The molecule has 0 aliphatic rings. The number of carbonyl (C=O) groups is 9. The average molecular weight is 1040 g/mol. The van der Waals surface area contributed by atoms with Crippen LogP contribution < -0.4 is 16.0 Å². The van der Waals surface area contributed by atoms with Gasteiger partial charge in [0.05, 0.1) is 30.8 Å². The Balaban J connectivity index is 0. The number of ether oxygens (including phenoxy) is 7. The number of nitrogens with one attached hydrogen (secondary N) is 3. The molecule has 0 fully saturated rings. The van der Waals surface area contributed by atoms with Crippen LogP contribution >= 0.6 is 0 Å². The van der Waals surface area contributed by atoms with E-state index in [-0.39, 0.29) is 45.3 Å². The van der Waals surface area contributed by atoms with E-state index in [4.69, 9.17) is 43.7 Å². The van der Waals surface area contributed by atoms with Crippen LogP contribution in [0.25, 0.3) is 0 Å². The molecule has 73 heavy (non-hydrogen) atoms. The first-order chi connectivity index (χ1) is 33.8. The fourth-order valence-corrected chi connectivity index (χ4v) is 4.70. The summed E-state index contributed by atoms with van der Waals surface area (Å²) in [5, 5.41) is 32.9. The van der Waals surface area contributed by atoms with E-state index in [1.807, 2.05) is 60.7 Å². The molecule has 0 heterocycles. The molecule has 0 saturated heterocycles. The molecule has 0 aliphatic carbocycles. The van der Waals surface area contributed by atoms with Gasteiger partial charge in [-0.15, -0.1) is 0 Å². The number of hydrogen-bond donors (Lipinski definition) is 6. The van der Waals surface area contributed by atoms with Crippen molar-refractivity contribution in [2.24, 2.45) is 17.8 Å². The van der Waals surface area contributed by atoms with E-state index in [1.165, 1.54) is 0 Å². The number of benzene rings is 2. The highest BCUT2D eigenvalue weighted by Gasteiger charge is 2.21. The Kier molecular flexibility index (Phi) is 34.4. The van der Waals surface area contributed by atoms with E-state index in [0.717, 1.165) is 11.1 Å². The van der Waals surface area contributed by atoms with Crippen molar-refractivity contribution < 1.29 is 91.6 Å². The van der Waals surface area contributed by atoms with Gasteiger partial charge >= 0.3 is 54.1 Å². The summed E-state index contributed by atoms with van der Waals surface area (Å²) in [6, 6.07) is 18.7. The molecule has 22 nitrogen and oxygen atoms in total. The molecular weight excluding hydrogens is 959 g/mol. The van der Waals surface area contributed by atoms with Gasteiger partial charge in [0.15, 0.2) is 13.2 Å². The molecule has 3 unspecified atom stereocenters. The molecule has 0 saturated carbocycles. The van der Waals surface area contributed by atoms with Crippen LogP contribution in [0.4, 0.5) is 14.4 Å². The zero-order chi connectivity index (χ0) is 56.2. The summed E-state index contributed by atoms with van der Waals surface area (Å²) in [4.78, 5) is 100. The van der Waals surface area contributed by atoms with Crippen molar-refractivity contribution in [2.45, 2.75) is 139 Å². The summed E-state index contributed by atoms with van der Waals surface area (Å²) in [7, 11) is 0. The summed E-state index contributed by atoms with van der Waals surface area (Å²) in [5.41, 5.74) is 0.135. The van der Waals surface area contributed by atoms with Crippen LogP contribution in [-0.4, -0.2) is 126 Å². The maximum absolute atomic E-state index is 11.9. The highest BCUT2D eigenvalue weighted by Crippen LogP contribution is 2.11. The summed E-state index contributed by atoms with van der Waals surface area (Å²) >= 11 is 0. The maximum Gasteiger partial charge on any atom is 0.407 e. The Morgan fingerprint density at radius 1 is 0.479 bits per heavy atom. The van der Waals surface area contributed by atoms with Crippen molar-refractivity contribution in [2.75, 3.05) is 39.5 Å². The molecule has 0 radical (unpaired) electrons. The second kappa shape index (κ2) is 36.9. The third-order valence-electron chi connectivity index (χ3n) is 8.43. The highest BCUT2D eigenvalue weighted by atomic mass is 16.6. The molecule has 6 N–H and O–H groups in total. The number of carboxylic acids is 2. The van der Waals surface area contributed by atoms with Gasteiger partial charge in [-0.05, 0) is 92.7 Å². The Hall–Kier alpha value is -6.97. The van der Waals surface area contributed by atoms with Crippen LogP contribution in [-0.2, 0) is 75.1 Å². The van der Waals surface area contributed by atoms with Crippen LogP contribution in [0, 0.1) is 17.8 Å². The first kappa shape index (κ1) is 68.1. The molecule has 3 atom stereocenters. The van der Waals surface area contributed by atoms with Gasteiger partial charge in [-0.1, -0.05) is 81.4 Å². The smallest absolute Gasteiger partial charge is 0.407 e. The predicted octanol–water partition coefficient (Wildman–Crippen LogP) is 6.72. The minimum absolute atomic E-state index is 0.0623. The first-order valence-electron chi connectivity index (χ1n) is 23.5. The molecule has 412 valence electrons. The molecule has 22 heteroatoms. The number of aliphatic carboxylic acids is 2. The first-order valence-corrected chi connectivity index (χ1v) is 23.5. The quantitative estimate of drug-likeness (QED) is 0.0526. The zero-order valence-corrected chi connectivity index (χ0v) is 44.4. The number of carbonyl (C=O) groups excluding carboxylic acids is 7. The zero-order valence-electron chi connectivity index (χ0n) is 44.4. The molecule has 0 aromatic heterocycles. The highest BCUT2D eigenvalue weighted by molar-refractivity contribution is 5.78. The minimum atomic E-state index is -1.20. The van der Waals surface area contributed by atoms with E-state index < -0.39 is 95.9 Å². The monoisotopic (exact) mass is 1040 g/mol. The van der Waals surface area contributed by atoms with Gasteiger partial charge in [0.25, 0.3) is 0 Å². The van der Waals surface area contributed by atoms with E-state index in [9.17, 15) is 43.2 Å². The Bertz CT molecular complexity index is 1960. The molecular formula is C51H79N3O19. The fourth-order valence-electron chi connectivity index (χ4n) is 4.70. The van der Waals surface area contributed by atoms with E-state index >= 15 is 0 Å². The van der Waals surface area contributed by atoms with Gasteiger partial charge < -0.3 is 64.4 Å².